The summed E-state index contributed by atoms with van der Waals surface area (Å²) in [5.74, 6) is 0. The molecule has 0 spiro atoms. The predicted molar refractivity (Wildman–Crippen MR) is 234 cm³/mol. The summed E-state index contributed by atoms with van der Waals surface area (Å²) in [6.45, 7) is 14.0. The molecule has 0 bridgehead atoms. The number of hydrogen-bond acceptors (Lipinski definition) is 1. The lowest BCUT2D eigenvalue weighted by atomic mass is 9.82. The Kier molecular flexibility index (Phi) is 7.39. The highest BCUT2D eigenvalue weighted by Gasteiger charge is 2.38. The van der Waals surface area contributed by atoms with E-state index in [-0.39, 0.29) is 10.8 Å². The molecule has 0 unspecified atom stereocenters. The number of hydrogen-bond donors (Lipinski definition) is 0. The van der Waals surface area contributed by atoms with Gasteiger partial charge < -0.3 is 4.90 Å². The molecule has 0 amide bonds. The second kappa shape index (κ2) is 12.2. The smallest absolute Gasteiger partial charge is 0.0540 e. The Morgan fingerprint density at radius 1 is 0.382 bits per heavy atom. The van der Waals surface area contributed by atoms with Crippen LogP contribution in [0.25, 0.3) is 55.3 Å². The average molecular weight is 708 g/mol. The van der Waals surface area contributed by atoms with Crippen molar-refractivity contribution in [1.82, 2.24) is 0 Å². The molecule has 1 heteroatoms. The van der Waals surface area contributed by atoms with Gasteiger partial charge in [0.25, 0.3) is 0 Å². The molecule has 0 aliphatic heterocycles. The first-order valence-electron chi connectivity index (χ1n) is 19.6. The minimum atomic E-state index is -0.122. The van der Waals surface area contributed by atoms with Crippen LogP contribution in [0.3, 0.4) is 0 Å². The highest BCUT2D eigenvalue weighted by Crippen LogP contribution is 2.54. The van der Waals surface area contributed by atoms with Gasteiger partial charge in [-0.25, -0.2) is 0 Å². The summed E-state index contributed by atoms with van der Waals surface area (Å²) < 4.78 is 0. The molecule has 0 atom stereocenters. The van der Waals surface area contributed by atoms with Gasteiger partial charge in [0.2, 0.25) is 0 Å². The quantitative estimate of drug-likeness (QED) is 0.172. The predicted octanol–water partition coefficient (Wildman–Crippen LogP) is 14.9. The molecule has 266 valence electrons. The Morgan fingerprint density at radius 2 is 0.873 bits per heavy atom. The van der Waals surface area contributed by atoms with Crippen LogP contribution >= 0.6 is 0 Å². The number of nitrogens with zero attached hydrogens (tertiary/aromatic N) is 1. The molecule has 0 aromatic heterocycles. The molecule has 55 heavy (non-hydrogen) atoms. The van der Waals surface area contributed by atoms with Gasteiger partial charge in [-0.05, 0) is 133 Å². The highest BCUT2D eigenvalue weighted by atomic mass is 15.1. The molecule has 0 saturated carbocycles. The maximum atomic E-state index is 2.53. The van der Waals surface area contributed by atoms with Crippen LogP contribution < -0.4 is 4.90 Å². The summed E-state index contributed by atoms with van der Waals surface area (Å²) in [6.07, 6.45) is 0. The van der Waals surface area contributed by atoms with E-state index < -0.39 is 0 Å². The Labute approximate surface area is 325 Å². The van der Waals surface area contributed by atoms with Gasteiger partial charge in [-0.1, -0.05) is 155 Å². The third-order valence-corrected chi connectivity index (χ3v) is 12.7. The molecule has 0 saturated heterocycles. The molecule has 8 aromatic rings. The largest absolute Gasteiger partial charge is 0.310 e. The van der Waals surface area contributed by atoms with E-state index >= 15 is 0 Å². The number of fused-ring (bicyclic) bond motifs is 7. The molecular formula is C54H45N. The van der Waals surface area contributed by atoms with Crippen LogP contribution in [0.4, 0.5) is 17.1 Å². The van der Waals surface area contributed by atoms with Crippen LogP contribution in [0, 0.1) is 13.8 Å². The van der Waals surface area contributed by atoms with E-state index in [0.717, 1.165) is 0 Å². The van der Waals surface area contributed by atoms with Crippen LogP contribution in [0.1, 0.15) is 61.1 Å². The SMILES string of the molecule is Cc1cccc(C)c1-c1cc(-c2cccc3ccccc23)ccc1N(c1ccc2c(c1)C(C)(C)c1ccccc1-2)c1ccc2c(c1)C(C)(C)c1ccccc1-2. The summed E-state index contributed by atoms with van der Waals surface area (Å²) in [5.41, 5.74) is 21.6. The second-order valence-electron chi connectivity index (χ2n) is 16.7. The fourth-order valence-corrected chi connectivity index (χ4v) is 9.91. The van der Waals surface area contributed by atoms with Gasteiger partial charge in [-0.2, -0.15) is 0 Å². The fraction of sp³-hybridized carbons (Fsp3) is 0.148. The van der Waals surface area contributed by atoms with Crippen molar-refractivity contribution in [2.24, 2.45) is 0 Å². The number of benzene rings is 8. The molecule has 8 aromatic carbocycles. The van der Waals surface area contributed by atoms with Gasteiger partial charge in [-0.3, -0.25) is 0 Å². The van der Waals surface area contributed by atoms with Crippen molar-refractivity contribution in [3.05, 3.63) is 197 Å². The van der Waals surface area contributed by atoms with Crippen LogP contribution in [0.5, 0.6) is 0 Å². The molecule has 0 fully saturated rings. The first-order chi connectivity index (χ1) is 26.6. The van der Waals surface area contributed by atoms with Crippen molar-refractivity contribution < 1.29 is 0 Å². The van der Waals surface area contributed by atoms with Gasteiger partial charge >= 0.3 is 0 Å². The Bertz CT molecular complexity index is 2720. The van der Waals surface area contributed by atoms with Gasteiger partial charge in [0.15, 0.2) is 0 Å². The maximum absolute atomic E-state index is 2.53. The third kappa shape index (κ3) is 4.99. The summed E-state index contributed by atoms with van der Waals surface area (Å²) in [5, 5.41) is 2.52. The maximum Gasteiger partial charge on any atom is 0.0540 e. The van der Waals surface area contributed by atoms with Crippen molar-refractivity contribution in [2.45, 2.75) is 52.4 Å². The normalized spacial score (nSPS) is 14.3. The van der Waals surface area contributed by atoms with E-state index in [0.29, 0.717) is 0 Å². The van der Waals surface area contributed by atoms with Crippen LogP contribution in [0.2, 0.25) is 0 Å². The first-order valence-corrected chi connectivity index (χ1v) is 19.6. The Balaban J connectivity index is 1.25. The zero-order valence-corrected chi connectivity index (χ0v) is 32.5. The lowest BCUT2D eigenvalue weighted by Gasteiger charge is -2.32. The van der Waals surface area contributed by atoms with Gasteiger partial charge in [0.1, 0.15) is 0 Å². The fourth-order valence-electron chi connectivity index (χ4n) is 9.91. The van der Waals surface area contributed by atoms with E-state index in [4.69, 9.17) is 0 Å². The molecule has 0 radical (unpaired) electrons. The second-order valence-corrected chi connectivity index (χ2v) is 16.7. The summed E-state index contributed by atoms with van der Waals surface area (Å²) in [6, 6.07) is 61.5. The minimum absolute atomic E-state index is 0.122. The van der Waals surface area contributed by atoms with Crippen molar-refractivity contribution >= 4 is 27.8 Å². The van der Waals surface area contributed by atoms with E-state index in [1.54, 1.807) is 0 Å². The summed E-state index contributed by atoms with van der Waals surface area (Å²) in [4.78, 5) is 2.53. The van der Waals surface area contributed by atoms with E-state index in [1.807, 2.05) is 0 Å². The van der Waals surface area contributed by atoms with Crippen molar-refractivity contribution in [3.8, 4) is 44.5 Å². The number of anilines is 3. The molecule has 2 aliphatic carbocycles. The van der Waals surface area contributed by atoms with E-state index in [1.165, 1.54) is 106 Å². The zero-order chi connectivity index (χ0) is 37.6. The summed E-state index contributed by atoms with van der Waals surface area (Å²) in [7, 11) is 0. The minimum Gasteiger partial charge on any atom is -0.310 e. The van der Waals surface area contributed by atoms with Gasteiger partial charge in [0, 0.05) is 27.8 Å². The van der Waals surface area contributed by atoms with Crippen molar-refractivity contribution in [1.29, 1.82) is 0 Å². The lowest BCUT2D eigenvalue weighted by Crippen LogP contribution is -2.18. The Morgan fingerprint density at radius 3 is 1.49 bits per heavy atom. The molecule has 10 rings (SSSR count). The van der Waals surface area contributed by atoms with Gasteiger partial charge in [0.05, 0.1) is 5.69 Å². The van der Waals surface area contributed by atoms with Crippen LogP contribution in [-0.2, 0) is 10.8 Å². The van der Waals surface area contributed by atoms with Crippen LogP contribution in [0.15, 0.2) is 164 Å². The highest BCUT2D eigenvalue weighted by molar-refractivity contribution is 6.00. The van der Waals surface area contributed by atoms with Crippen molar-refractivity contribution in [2.75, 3.05) is 4.90 Å². The lowest BCUT2D eigenvalue weighted by molar-refractivity contribution is 0.660. The monoisotopic (exact) mass is 707 g/mol. The molecule has 0 heterocycles. The molecule has 2 aliphatic rings. The standard InChI is InChI=1S/C54H45N/c1-34-15-13-16-35(2)52(34)46-31-37(41-22-14-18-36-17-7-8-19-40(36)41)25-30-51(46)55(38-26-28-44-42-20-9-11-23-47(42)53(3,4)49(44)32-38)39-27-29-45-43-21-10-12-24-48(43)54(5,6)50(45)33-39/h7-33H,1-6H3. The van der Waals surface area contributed by atoms with Crippen molar-refractivity contribution in [3.63, 3.8) is 0 Å². The average Bonchev–Trinajstić information content (AvgIpc) is 3.57. The summed E-state index contributed by atoms with van der Waals surface area (Å²) >= 11 is 0. The first kappa shape index (κ1) is 33.4. The number of rotatable bonds is 5. The number of aryl methyl sites for hydroxylation is 2. The van der Waals surface area contributed by atoms with Gasteiger partial charge in [-0.15, -0.1) is 0 Å². The topological polar surface area (TPSA) is 3.24 Å². The third-order valence-electron chi connectivity index (χ3n) is 12.7. The van der Waals surface area contributed by atoms with E-state index in [9.17, 15) is 0 Å². The van der Waals surface area contributed by atoms with Crippen LogP contribution in [-0.4, -0.2) is 0 Å². The molecular weight excluding hydrogens is 663 g/mol. The zero-order valence-electron chi connectivity index (χ0n) is 32.5. The molecule has 0 N–H and O–H groups in total. The Hall–Kier alpha value is -6.18. The van der Waals surface area contributed by atoms with E-state index in [2.05, 4.69) is 210 Å². The molecule has 1 nitrogen and oxygen atoms in total.